The van der Waals surface area contributed by atoms with Gasteiger partial charge in [0.15, 0.2) is 5.82 Å². The van der Waals surface area contributed by atoms with E-state index >= 15 is 0 Å². The van der Waals surface area contributed by atoms with Gasteiger partial charge in [-0.3, -0.25) is 0 Å². The van der Waals surface area contributed by atoms with Crippen molar-refractivity contribution >= 4 is 17.2 Å². The maximum Gasteiger partial charge on any atom is 0.242 e. The molecule has 1 aromatic carbocycles. The van der Waals surface area contributed by atoms with Gasteiger partial charge >= 0.3 is 0 Å². The van der Waals surface area contributed by atoms with E-state index < -0.39 is 0 Å². The minimum atomic E-state index is 0.411. The third-order valence-corrected chi connectivity index (χ3v) is 2.78. The van der Waals surface area contributed by atoms with Crippen molar-refractivity contribution in [2.24, 2.45) is 0 Å². The Morgan fingerprint density at radius 2 is 2.00 bits per heavy atom. The van der Waals surface area contributed by atoms with Crippen LogP contribution in [0.25, 0.3) is 0 Å². The number of aryl methyl sites for hydroxylation is 1. The van der Waals surface area contributed by atoms with Crippen molar-refractivity contribution in [3.63, 3.8) is 0 Å². The first-order valence-electron chi connectivity index (χ1n) is 6.34. The lowest BCUT2D eigenvalue weighted by Gasteiger charge is -2.13. The number of nitrogens with zero attached hydrogens (tertiary/aromatic N) is 2. The van der Waals surface area contributed by atoms with E-state index in [-0.39, 0.29) is 0 Å². The molecule has 0 saturated heterocycles. The molecule has 100 valence electrons. The van der Waals surface area contributed by atoms with Crippen LogP contribution in [0.3, 0.4) is 0 Å². The van der Waals surface area contributed by atoms with Crippen LogP contribution in [-0.2, 0) is 6.42 Å². The first kappa shape index (κ1) is 13.1. The average molecular weight is 258 g/mol. The summed E-state index contributed by atoms with van der Waals surface area (Å²) in [6.07, 6.45) is 2.38. The number of hydrogen-bond acceptors (Lipinski definition) is 5. The van der Waals surface area contributed by atoms with Gasteiger partial charge in [0.2, 0.25) is 5.88 Å². The average Bonchev–Trinajstić information content (AvgIpc) is 2.44. The van der Waals surface area contributed by atoms with E-state index in [0.717, 1.165) is 12.1 Å². The van der Waals surface area contributed by atoms with Crippen LogP contribution in [0.15, 0.2) is 30.6 Å². The number of hydrogen-bond donors (Lipinski definition) is 2. The third-order valence-electron chi connectivity index (χ3n) is 2.78. The second-order valence-corrected chi connectivity index (χ2v) is 4.01. The number of rotatable bonds is 5. The Morgan fingerprint density at radius 3 is 2.74 bits per heavy atom. The van der Waals surface area contributed by atoms with Crippen LogP contribution < -0.4 is 15.8 Å². The molecule has 0 spiro atoms. The lowest BCUT2D eigenvalue weighted by molar-refractivity contribution is 0.328. The number of aromatic nitrogens is 2. The molecule has 3 N–H and O–H groups in total. The van der Waals surface area contributed by atoms with Gasteiger partial charge in [0.05, 0.1) is 6.61 Å². The van der Waals surface area contributed by atoms with E-state index in [4.69, 9.17) is 10.5 Å². The summed E-state index contributed by atoms with van der Waals surface area (Å²) in [5.41, 5.74) is 8.63. The molecular formula is C14H18N4O. The minimum absolute atomic E-state index is 0.411. The van der Waals surface area contributed by atoms with Crippen molar-refractivity contribution in [2.75, 3.05) is 17.7 Å². The van der Waals surface area contributed by atoms with E-state index in [9.17, 15) is 0 Å². The Bertz CT molecular complexity index is 557. The second kappa shape index (κ2) is 6.04. The van der Waals surface area contributed by atoms with Crippen LogP contribution in [0.1, 0.15) is 19.4 Å². The molecule has 0 amide bonds. The van der Waals surface area contributed by atoms with Crippen LogP contribution in [-0.4, -0.2) is 16.6 Å². The summed E-state index contributed by atoms with van der Waals surface area (Å²) in [5.74, 6) is 0.980. The molecule has 5 heteroatoms. The Morgan fingerprint density at radius 1 is 1.21 bits per heavy atom. The maximum absolute atomic E-state index is 6.00. The zero-order valence-electron chi connectivity index (χ0n) is 11.2. The Kier molecular flexibility index (Phi) is 4.18. The van der Waals surface area contributed by atoms with E-state index in [0.29, 0.717) is 24.0 Å². The predicted molar refractivity (Wildman–Crippen MR) is 76.7 cm³/mol. The van der Waals surface area contributed by atoms with Crippen LogP contribution >= 0.6 is 0 Å². The zero-order chi connectivity index (χ0) is 13.7. The maximum atomic E-state index is 6.00. The molecular weight excluding hydrogens is 240 g/mol. The van der Waals surface area contributed by atoms with E-state index in [1.807, 2.05) is 25.1 Å². The minimum Gasteiger partial charge on any atom is -0.476 e. The Balaban J connectivity index is 2.30. The molecule has 0 radical (unpaired) electrons. The summed E-state index contributed by atoms with van der Waals surface area (Å²) in [4.78, 5) is 8.18. The highest BCUT2D eigenvalue weighted by atomic mass is 16.5. The molecule has 19 heavy (non-hydrogen) atoms. The highest BCUT2D eigenvalue weighted by molar-refractivity contribution is 5.73. The van der Waals surface area contributed by atoms with Crippen molar-refractivity contribution in [1.82, 2.24) is 9.97 Å². The van der Waals surface area contributed by atoms with Crippen molar-refractivity contribution < 1.29 is 4.74 Å². The lowest BCUT2D eigenvalue weighted by atomic mass is 10.1. The standard InChI is InChI=1S/C14H18N4O/c1-3-10-7-5-6-8-11(10)18-13-12(15)14(19-4-2)17-9-16-13/h5-9H,3-4,15H2,1-2H3,(H,16,17,18). The van der Waals surface area contributed by atoms with Crippen molar-refractivity contribution in [3.05, 3.63) is 36.2 Å². The van der Waals surface area contributed by atoms with E-state index in [2.05, 4.69) is 28.3 Å². The number of nitrogens with one attached hydrogen (secondary N) is 1. The molecule has 0 fully saturated rings. The molecule has 1 aromatic heterocycles. The van der Waals surface area contributed by atoms with Gasteiger partial charge in [0.25, 0.3) is 0 Å². The molecule has 0 atom stereocenters. The Labute approximate surface area is 112 Å². The van der Waals surface area contributed by atoms with Gasteiger partial charge in [-0.2, -0.15) is 4.98 Å². The summed E-state index contributed by atoms with van der Waals surface area (Å²) in [5, 5.41) is 3.23. The first-order chi connectivity index (χ1) is 9.26. The fraction of sp³-hybridized carbons (Fsp3) is 0.286. The summed E-state index contributed by atoms with van der Waals surface area (Å²) < 4.78 is 5.36. The van der Waals surface area contributed by atoms with Gasteiger partial charge in [-0.1, -0.05) is 25.1 Å². The van der Waals surface area contributed by atoms with Gasteiger partial charge < -0.3 is 15.8 Å². The molecule has 0 aliphatic heterocycles. The number of nitrogens with two attached hydrogens (primary N) is 1. The van der Waals surface area contributed by atoms with Crippen molar-refractivity contribution in [2.45, 2.75) is 20.3 Å². The first-order valence-corrected chi connectivity index (χ1v) is 6.34. The SMILES string of the molecule is CCOc1ncnc(Nc2ccccc2CC)c1N. The molecule has 0 aliphatic rings. The van der Waals surface area contributed by atoms with Crippen LogP contribution in [0.2, 0.25) is 0 Å². The monoisotopic (exact) mass is 258 g/mol. The fourth-order valence-electron chi connectivity index (χ4n) is 1.81. The molecule has 1 heterocycles. The molecule has 0 saturated carbocycles. The molecule has 5 nitrogen and oxygen atoms in total. The summed E-state index contributed by atoms with van der Waals surface area (Å²) in [6, 6.07) is 8.06. The summed E-state index contributed by atoms with van der Waals surface area (Å²) in [7, 11) is 0. The molecule has 2 aromatic rings. The number of anilines is 3. The second-order valence-electron chi connectivity index (χ2n) is 4.01. The fourth-order valence-corrected chi connectivity index (χ4v) is 1.81. The largest absolute Gasteiger partial charge is 0.476 e. The molecule has 0 unspecified atom stereocenters. The van der Waals surface area contributed by atoms with E-state index in [1.165, 1.54) is 11.9 Å². The van der Waals surface area contributed by atoms with E-state index in [1.54, 1.807) is 0 Å². The number of ether oxygens (including phenoxy) is 1. The molecule has 0 aliphatic carbocycles. The number of para-hydroxylation sites is 1. The zero-order valence-corrected chi connectivity index (χ0v) is 11.2. The third kappa shape index (κ3) is 2.93. The van der Waals surface area contributed by atoms with Gasteiger partial charge in [-0.15, -0.1) is 0 Å². The normalized spacial score (nSPS) is 10.2. The predicted octanol–water partition coefficient (Wildman–Crippen LogP) is 2.76. The summed E-state index contributed by atoms with van der Waals surface area (Å²) >= 11 is 0. The smallest absolute Gasteiger partial charge is 0.242 e. The van der Waals surface area contributed by atoms with Crippen LogP contribution in [0.5, 0.6) is 5.88 Å². The van der Waals surface area contributed by atoms with Gasteiger partial charge in [0.1, 0.15) is 12.0 Å². The van der Waals surface area contributed by atoms with Crippen molar-refractivity contribution in [1.29, 1.82) is 0 Å². The lowest BCUT2D eigenvalue weighted by Crippen LogP contribution is -2.05. The van der Waals surface area contributed by atoms with Crippen LogP contribution in [0, 0.1) is 0 Å². The number of benzene rings is 1. The topological polar surface area (TPSA) is 73.1 Å². The van der Waals surface area contributed by atoms with Gasteiger partial charge in [-0.25, -0.2) is 4.98 Å². The highest BCUT2D eigenvalue weighted by Crippen LogP contribution is 2.28. The van der Waals surface area contributed by atoms with Gasteiger partial charge in [0, 0.05) is 5.69 Å². The van der Waals surface area contributed by atoms with Crippen LogP contribution in [0.4, 0.5) is 17.2 Å². The highest BCUT2D eigenvalue weighted by Gasteiger charge is 2.10. The summed E-state index contributed by atoms with van der Waals surface area (Å²) in [6.45, 7) is 4.52. The molecule has 0 bridgehead atoms. The van der Waals surface area contributed by atoms with Crippen molar-refractivity contribution in [3.8, 4) is 5.88 Å². The Hall–Kier alpha value is -2.30. The van der Waals surface area contributed by atoms with Gasteiger partial charge in [-0.05, 0) is 25.0 Å². The molecule has 2 rings (SSSR count). The number of nitrogen functional groups attached to an aromatic ring is 1. The quantitative estimate of drug-likeness (QED) is 0.862.